The molecule has 0 aromatic rings. The number of carbonyl (C=O) groups excluding carboxylic acids is 1. The van der Waals surface area contributed by atoms with Gasteiger partial charge >= 0.3 is 0 Å². The molecular weight excluding hydrogens is 164 g/mol. The first-order chi connectivity index (χ1) is 6.13. The fraction of sp³-hybridized carbons (Fsp3) is 0.900. The van der Waals surface area contributed by atoms with Crippen LogP contribution >= 0.6 is 0 Å². The quantitative estimate of drug-likeness (QED) is 0.620. The van der Waals surface area contributed by atoms with Crippen LogP contribution in [0.15, 0.2) is 0 Å². The SMILES string of the molecule is CC(=O)NC1(C)[C@@H]2CC[C@H]1CNC2. The van der Waals surface area contributed by atoms with Crippen LogP contribution in [0.2, 0.25) is 0 Å². The Balaban J connectivity index is 2.16. The summed E-state index contributed by atoms with van der Waals surface area (Å²) in [6.45, 7) is 5.95. The highest BCUT2D eigenvalue weighted by Gasteiger charge is 2.48. The van der Waals surface area contributed by atoms with Crippen molar-refractivity contribution < 1.29 is 4.79 Å². The van der Waals surface area contributed by atoms with Crippen molar-refractivity contribution in [1.29, 1.82) is 0 Å². The number of carbonyl (C=O) groups is 1. The van der Waals surface area contributed by atoms with Crippen molar-refractivity contribution in [3.8, 4) is 0 Å². The molecule has 3 heteroatoms. The minimum Gasteiger partial charge on any atom is -0.351 e. The van der Waals surface area contributed by atoms with Gasteiger partial charge in [0.2, 0.25) is 5.91 Å². The Morgan fingerprint density at radius 1 is 1.38 bits per heavy atom. The van der Waals surface area contributed by atoms with E-state index >= 15 is 0 Å². The molecule has 2 N–H and O–H groups in total. The van der Waals surface area contributed by atoms with Gasteiger partial charge in [-0.1, -0.05) is 0 Å². The van der Waals surface area contributed by atoms with Crippen molar-refractivity contribution in [1.82, 2.24) is 10.6 Å². The van der Waals surface area contributed by atoms with Gasteiger partial charge in [0.25, 0.3) is 0 Å². The molecule has 2 fully saturated rings. The molecule has 1 aliphatic heterocycles. The van der Waals surface area contributed by atoms with Gasteiger partial charge in [0.15, 0.2) is 0 Å². The van der Waals surface area contributed by atoms with Gasteiger partial charge in [-0.05, 0) is 31.6 Å². The van der Waals surface area contributed by atoms with E-state index in [1.165, 1.54) is 12.8 Å². The zero-order valence-corrected chi connectivity index (χ0v) is 8.39. The highest BCUT2D eigenvalue weighted by molar-refractivity contribution is 5.74. The number of rotatable bonds is 1. The van der Waals surface area contributed by atoms with E-state index in [9.17, 15) is 4.79 Å². The maximum absolute atomic E-state index is 11.1. The van der Waals surface area contributed by atoms with Gasteiger partial charge in [-0.3, -0.25) is 4.79 Å². The average molecular weight is 182 g/mol. The lowest BCUT2D eigenvalue weighted by Gasteiger charge is -2.41. The normalized spacial score (nSPS) is 43.2. The molecule has 1 saturated carbocycles. The summed E-state index contributed by atoms with van der Waals surface area (Å²) in [7, 11) is 0. The first-order valence-electron chi connectivity index (χ1n) is 5.12. The van der Waals surface area contributed by atoms with Crippen molar-refractivity contribution >= 4 is 5.91 Å². The monoisotopic (exact) mass is 182 g/mol. The third-order valence-electron chi connectivity index (χ3n) is 3.79. The summed E-state index contributed by atoms with van der Waals surface area (Å²) in [5.41, 5.74) is 0.0666. The van der Waals surface area contributed by atoms with Crippen molar-refractivity contribution in [2.75, 3.05) is 13.1 Å². The topological polar surface area (TPSA) is 41.1 Å². The molecular formula is C10H18N2O. The van der Waals surface area contributed by atoms with Crippen LogP contribution in [-0.2, 0) is 4.79 Å². The highest BCUT2D eigenvalue weighted by Crippen LogP contribution is 2.42. The molecule has 2 rings (SSSR count). The summed E-state index contributed by atoms with van der Waals surface area (Å²) in [5.74, 6) is 1.38. The van der Waals surface area contributed by atoms with E-state index in [2.05, 4.69) is 17.6 Å². The third-order valence-corrected chi connectivity index (χ3v) is 3.79. The maximum Gasteiger partial charge on any atom is 0.217 e. The summed E-state index contributed by atoms with van der Waals surface area (Å²) >= 11 is 0. The number of piperidine rings is 1. The molecule has 3 nitrogen and oxygen atoms in total. The summed E-state index contributed by atoms with van der Waals surface area (Å²) in [4.78, 5) is 11.1. The molecule has 13 heavy (non-hydrogen) atoms. The van der Waals surface area contributed by atoms with Gasteiger partial charge in [0.1, 0.15) is 0 Å². The second-order valence-corrected chi connectivity index (χ2v) is 4.59. The Hall–Kier alpha value is -0.570. The first-order valence-corrected chi connectivity index (χ1v) is 5.12. The van der Waals surface area contributed by atoms with Crippen LogP contribution < -0.4 is 10.6 Å². The number of hydrogen-bond acceptors (Lipinski definition) is 2. The van der Waals surface area contributed by atoms with Crippen LogP contribution in [0.4, 0.5) is 0 Å². The van der Waals surface area contributed by atoms with E-state index < -0.39 is 0 Å². The van der Waals surface area contributed by atoms with Gasteiger partial charge in [0.05, 0.1) is 0 Å². The van der Waals surface area contributed by atoms with Crippen LogP contribution in [-0.4, -0.2) is 24.5 Å². The van der Waals surface area contributed by atoms with E-state index in [-0.39, 0.29) is 11.4 Å². The largest absolute Gasteiger partial charge is 0.351 e. The van der Waals surface area contributed by atoms with Gasteiger partial charge in [-0.2, -0.15) is 0 Å². The minimum absolute atomic E-state index is 0.0666. The van der Waals surface area contributed by atoms with E-state index in [4.69, 9.17) is 0 Å². The Kier molecular flexibility index (Phi) is 2.06. The Bertz CT molecular complexity index is 211. The van der Waals surface area contributed by atoms with Crippen LogP contribution in [0.5, 0.6) is 0 Å². The standard InChI is InChI=1S/C10H18N2O/c1-7(13)12-10(2)8-3-4-9(10)6-11-5-8/h8-9,11H,3-6H2,1-2H3,(H,12,13)/t8-,9+,10?. The van der Waals surface area contributed by atoms with E-state index in [1.807, 2.05) is 0 Å². The van der Waals surface area contributed by atoms with Gasteiger partial charge in [-0.15, -0.1) is 0 Å². The first kappa shape index (κ1) is 9.00. The molecule has 0 aromatic heterocycles. The van der Waals surface area contributed by atoms with Crippen LogP contribution in [0.3, 0.4) is 0 Å². The number of fused-ring (bicyclic) bond motifs is 2. The van der Waals surface area contributed by atoms with Crippen molar-refractivity contribution in [3.05, 3.63) is 0 Å². The fourth-order valence-electron chi connectivity index (χ4n) is 2.98. The Morgan fingerprint density at radius 3 is 2.38 bits per heavy atom. The van der Waals surface area contributed by atoms with E-state index in [0.29, 0.717) is 11.8 Å². The highest BCUT2D eigenvalue weighted by atomic mass is 16.1. The summed E-state index contributed by atoms with van der Waals surface area (Å²) in [6.07, 6.45) is 2.52. The van der Waals surface area contributed by atoms with Gasteiger partial charge < -0.3 is 10.6 Å². The molecule has 1 aliphatic carbocycles. The molecule has 2 bridgehead atoms. The minimum atomic E-state index is 0.0666. The Morgan fingerprint density at radius 2 is 1.92 bits per heavy atom. The molecule has 1 unspecified atom stereocenters. The second kappa shape index (κ2) is 2.98. The molecule has 1 saturated heterocycles. The maximum atomic E-state index is 11.1. The molecule has 2 aliphatic rings. The van der Waals surface area contributed by atoms with Gasteiger partial charge in [-0.25, -0.2) is 0 Å². The molecule has 0 radical (unpaired) electrons. The summed E-state index contributed by atoms with van der Waals surface area (Å²) in [6, 6.07) is 0. The lowest BCUT2D eigenvalue weighted by Crippen LogP contribution is -2.60. The molecule has 0 spiro atoms. The van der Waals surface area contributed by atoms with Gasteiger partial charge in [0, 0.05) is 25.6 Å². The molecule has 0 aromatic carbocycles. The van der Waals surface area contributed by atoms with E-state index in [0.717, 1.165) is 13.1 Å². The van der Waals surface area contributed by atoms with Crippen LogP contribution in [0, 0.1) is 11.8 Å². The number of nitrogens with one attached hydrogen (secondary N) is 2. The molecule has 1 amide bonds. The van der Waals surface area contributed by atoms with Crippen LogP contribution in [0.25, 0.3) is 0 Å². The molecule has 3 atom stereocenters. The zero-order chi connectivity index (χ0) is 9.47. The Labute approximate surface area is 79.3 Å². The van der Waals surface area contributed by atoms with Crippen LogP contribution in [0.1, 0.15) is 26.7 Å². The van der Waals surface area contributed by atoms with E-state index in [1.54, 1.807) is 6.92 Å². The predicted molar refractivity (Wildman–Crippen MR) is 51.3 cm³/mol. The van der Waals surface area contributed by atoms with Crippen molar-refractivity contribution in [2.24, 2.45) is 11.8 Å². The summed E-state index contributed by atoms with van der Waals surface area (Å²) in [5, 5.41) is 6.57. The fourth-order valence-corrected chi connectivity index (χ4v) is 2.98. The second-order valence-electron chi connectivity index (χ2n) is 4.59. The smallest absolute Gasteiger partial charge is 0.217 e. The molecule has 1 heterocycles. The number of hydrogen-bond donors (Lipinski definition) is 2. The number of amides is 1. The molecule has 74 valence electrons. The zero-order valence-electron chi connectivity index (χ0n) is 8.39. The third kappa shape index (κ3) is 1.35. The van der Waals surface area contributed by atoms with Crippen molar-refractivity contribution in [3.63, 3.8) is 0 Å². The van der Waals surface area contributed by atoms with Crippen molar-refractivity contribution in [2.45, 2.75) is 32.2 Å². The lowest BCUT2D eigenvalue weighted by atomic mass is 9.79. The summed E-state index contributed by atoms with van der Waals surface area (Å²) < 4.78 is 0. The predicted octanol–water partition coefficient (Wildman–Crippen LogP) is 0.511. The average Bonchev–Trinajstić information content (AvgIpc) is 2.27. The lowest BCUT2D eigenvalue weighted by molar-refractivity contribution is -0.121.